The van der Waals surface area contributed by atoms with Crippen LogP contribution in [0.3, 0.4) is 0 Å². The van der Waals surface area contributed by atoms with Crippen molar-refractivity contribution >= 4 is 11.5 Å². The fraction of sp³-hybridized carbons (Fsp3) is 0.0769. The van der Waals surface area contributed by atoms with Crippen LogP contribution in [0, 0.1) is 12.3 Å². The molecule has 0 aliphatic heterocycles. The SMILES string of the molecule is Cc1ccc(-c2ccc(N)c(C(=N)N)n2)cc1. The summed E-state index contributed by atoms with van der Waals surface area (Å²) in [7, 11) is 0. The first kappa shape index (κ1) is 11.1. The smallest absolute Gasteiger partial charge is 0.143 e. The van der Waals surface area contributed by atoms with Crippen LogP contribution in [0.5, 0.6) is 0 Å². The maximum Gasteiger partial charge on any atom is 0.143 e. The number of hydrogen-bond donors (Lipinski definition) is 3. The van der Waals surface area contributed by atoms with Crippen molar-refractivity contribution in [3.63, 3.8) is 0 Å². The molecule has 0 fully saturated rings. The number of aryl methyl sites for hydroxylation is 1. The lowest BCUT2D eigenvalue weighted by molar-refractivity contribution is 1.26. The standard InChI is InChI=1S/C13H14N4/c1-8-2-4-9(5-3-8)11-7-6-10(14)12(17-11)13(15)16/h2-7H,14H2,1H3,(H3,15,16). The number of nitrogens with two attached hydrogens (primary N) is 2. The average molecular weight is 226 g/mol. The van der Waals surface area contributed by atoms with Gasteiger partial charge in [-0.1, -0.05) is 29.8 Å². The van der Waals surface area contributed by atoms with E-state index in [0.29, 0.717) is 11.4 Å². The molecule has 0 atom stereocenters. The van der Waals surface area contributed by atoms with E-state index in [4.69, 9.17) is 16.9 Å². The minimum absolute atomic E-state index is 0.114. The summed E-state index contributed by atoms with van der Waals surface area (Å²) < 4.78 is 0. The predicted molar refractivity (Wildman–Crippen MR) is 69.8 cm³/mol. The lowest BCUT2D eigenvalue weighted by Gasteiger charge is -2.06. The number of aromatic nitrogens is 1. The van der Waals surface area contributed by atoms with E-state index < -0.39 is 0 Å². The highest BCUT2D eigenvalue weighted by Crippen LogP contribution is 2.20. The molecular formula is C13H14N4. The molecule has 1 aromatic carbocycles. The Morgan fingerprint density at radius 3 is 2.35 bits per heavy atom. The normalized spacial score (nSPS) is 10.2. The van der Waals surface area contributed by atoms with Gasteiger partial charge in [0.05, 0.1) is 11.4 Å². The Bertz CT molecular complexity index is 558. The lowest BCUT2D eigenvalue weighted by atomic mass is 10.1. The molecule has 86 valence electrons. The van der Waals surface area contributed by atoms with Crippen molar-refractivity contribution in [2.75, 3.05) is 5.73 Å². The van der Waals surface area contributed by atoms with Crippen LogP contribution in [0.2, 0.25) is 0 Å². The van der Waals surface area contributed by atoms with Crippen molar-refractivity contribution < 1.29 is 0 Å². The predicted octanol–water partition coefficient (Wildman–Crippen LogP) is 1.92. The number of rotatable bonds is 2. The summed E-state index contributed by atoms with van der Waals surface area (Å²) in [6.45, 7) is 2.03. The van der Waals surface area contributed by atoms with Gasteiger partial charge in [0.1, 0.15) is 11.5 Å². The summed E-state index contributed by atoms with van der Waals surface area (Å²) >= 11 is 0. The van der Waals surface area contributed by atoms with Crippen molar-refractivity contribution in [1.82, 2.24) is 4.98 Å². The first-order valence-corrected chi connectivity index (χ1v) is 5.26. The Labute approximate surface area is 99.8 Å². The number of nitrogens with one attached hydrogen (secondary N) is 1. The third-order valence-corrected chi connectivity index (χ3v) is 2.53. The highest BCUT2D eigenvalue weighted by molar-refractivity contribution is 5.98. The molecule has 0 saturated heterocycles. The van der Waals surface area contributed by atoms with E-state index in [1.54, 1.807) is 6.07 Å². The van der Waals surface area contributed by atoms with Gasteiger partial charge in [0.25, 0.3) is 0 Å². The van der Waals surface area contributed by atoms with E-state index in [0.717, 1.165) is 11.3 Å². The van der Waals surface area contributed by atoms with Crippen molar-refractivity contribution in [3.05, 3.63) is 47.7 Å². The molecule has 0 saturated carbocycles. The van der Waals surface area contributed by atoms with Gasteiger partial charge in [0, 0.05) is 5.56 Å². The summed E-state index contributed by atoms with van der Waals surface area (Å²) in [5.41, 5.74) is 14.8. The molecule has 1 heterocycles. The molecule has 2 aromatic rings. The van der Waals surface area contributed by atoms with Crippen molar-refractivity contribution in [2.45, 2.75) is 6.92 Å². The number of benzene rings is 1. The number of amidine groups is 1. The maximum absolute atomic E-state index is 7.40. The van der Waals surface area contributed by atoms with Crippen LogP contribution < -0.4 is 11.5 Å². The molecule has 0 amide bonds. The topological polar surface area (TPSA) is 88.8 Å². The monoisotopic (exact) mass is 226 g/mol. The fourth-order valence-corrected chi connectivity index (χ4v) is 1.57. The molecule has 1 aromatic heterocycles. The Kier molecular flexibility index (Phi) is 2.78. The van der Waals surface area contributed by atoms with Crippen LogP contribution in [0.15, 0.2) is 36.4 Å². The van der Waals surface area contributed by atoms with E-state index in [2.05, 4.69) is 4.98 Å². The quantitative estimate of drug-likeness (QED) is 0.540. The first-order valence-electron chi connectivity index (χ1n) is 5.26. The molecular weight excluding hydrogens is 212 g/mol. The second-order valence-electron chi connectivity index (χ2n) is 3.91. The molecule has 0 aliphatic rings. The summed E-state index contributed by atoms with van der Waals surface area (Å²) in [6.07, 6.45) is 0. The largest absolute Gasteiger partial charge is 0.397 e. The zero-order chi connectivity index (χ0) is 12.4. The molecule has 4 nitrogen and oxygen atoms in total. The van der Waals surface area contributed by atoms with Crippen molar-refractivity contribution in [3.8, 4) is 11.3 Å². The zero-order valence-corrected chi connectivity index (χ0v) is 9.57. The van der Waals surface area contributed by atoms with E-state index in [9.17, 15) is 0 Å². The number of anilines is 1. The second kappa shape index (κ2) is 4.25. The average Bonchev–Trinajstić information content (AvgIpc) is 2.30. The van der Waals surface area contributed by atoms with Crippen molar-refractivity contribution in [2.24, 2.45) is 5.73 Å². The van der Waals surface area contributed by atoms with Gasteiger partial charge in [-0.25, -0.2) is 4.98 Å². The minimum Gasteiger partial charge on any atom is -0.397 e. The highest BCUT2D eigenvalue weighted by atomic mass is 14.8. The molecule has 0 radical (unpaired) electrons. The van der Waals surface area contributed by atoms with Gasteiger partial charge in [-0.05, 0) is 19.1 Å². The number of nitrogens with zero attached hydrogens (tertiary/aromatic N) is 1. The van der Waals surface area contributed by atoms with Gasteiger partial charge in [-0.2, -0.15) is 0 Å². The van der Waals surface area contributed by atoms with Gasteiger partial charge >= 0.3 is 0 Å². The fourth-order valence-electron chi connectivity index (χ4n) is 1.57. The van der Waals surface area contributed by atoms with Crippen LogP contribution in [-0.2, 0) is 0 Å². The molecule has 4 heteroatoms. The van der Waals surface area contributed by atoms with Gasteiger partial charge in [-0.3, -0.25) is 5.41 Å². The number of nitrogen functional groups attached to an aromatic ring is 2. The van der Waals surface area contributed by atoms with Crippen LogP contribution in [0.4, 0.5) is 5.69 Å². The van der Waals surface area contributed by atoms with Crippen LogP contribution in [-0.4, -0.2) is 10.8 Å². The molecule has 0 bridgehead atoms. The molecule has 0 spiro atoms. The van der Waals surface area contributed by atoms with Gasteiger partial charge in [-0.15, -0.1) is 0 Å². The lowest BCUT2D eigenvalue weighted by Crippen LogP contribution is -2.15. The highest BCUT2D eigenvalue weighted by Gasteiger charge is 2.07. The van der Waals surface area contributed by atoms with E-state index in [-0.39, 0.29) is 5.84 Å². The number of pyridine rings is 1. The second-order valence-corrected chi connectivity index (χ2v) is 3.91. The molecule has 0 aliphatic carbocycles. The molecule has 5 N–H and O–H groups in total. The minimum atomic E-state index is -0.114. The molecule has 0 unspecified atom stereocenters. The van der Waals surface area contributed by atoms with Gasteiger partial charge in [0.2, 0.25) is 0 Å². The third kappa shape index (κ3) is 2.25. The van der Waals surface area contributed by atoms with E-state index in [1.807, 2.05) is 37.3 Å². The van der Waals surface area contributed by atoms with Gasteiger partial charge in [0.15, 0.2) is 0 Å². The summed E-state index contributed by atoms with van der Waals surface area (Å²) in [6, 6.07) is 11.5. The van der Waals surface area contributed by atoms with Crippen LogP contribution in [0.1, 0.15) is 11.3 Å². The zero-order valence-electron chi connectivity index (χ0n) is 9.57. The molecule has 2 rings (SSSR count). The first-order chi connectivity index (χ1) is 8.08. The summed E-state index contributed by atoms with van der Waals surface area (Å²) in [5.74, 6) is -0.114. The Morgan fingerprint density at radius 2 is 1.76 bits per heavy atom. The van der Waals surface area contributed by atoms with Gasteiger partial charge < -0.3 is 11.5 Å². The Morgan fingerprint density at radius 1 is 1.12 bits per heavy atom. The number of hydrogen-bond acceptors (Lipinski definition) is 3. The third-order valence-electron chi connectivity index (χ3n) is 2.53. The Hall–Kier alpha value is -2.36. The summed E-state index contributed by atoms with van der Waals surface area (Å²) in [5, 5.41) is 7.40. The molecule has 17 heavy (non-hydrogen) atoms. The van der Waals surface area contributed by atoms with Crippen LogP contribution >= 0.6 is 0 Å². The van der Waals surface area contributed by atoms with E-state index in [1.165, 1.54) is 5.56 Å². The Balaban J connectivity index is 2.50. The maximum atomic E-state index is 7.40. The summed E-state index contributed by atoms with van der Waals surface area (Å²) in [4.78, 5) is 4.30. The van der Waals surface area contributed by atoms with Crippen LogP contribution in [0.25, 0.3) is 11.3 Å². The van der Waals surface area contributed by atoms with E-state index >= 15 is 0 Å². The van der Waals surface area contributed by atoms with Crippen molar-refractivity contribution in [1.29, 1.82) is 5.41 Å².